The molecule has 0 spiro atoms. The van der Waals surface area contributed by atoms with Crippen LogP contribution >= 0.6 is 0 Å². The first kappa shape index (κ1) is 8.43. The van der Waals surface area contributed by atoms with Gasteiger partial charge in [-0.3, -0.25) is 4.79 Å². The maximum atomic E-state index is 10.5. The van der Waals surface area contributed by atoms with Gasteiger partial charge in [0.25, 0.3) is 0 Å². The number of nitrogens with two attached hydrogens (primary N) is 1. The van der Waals surface area contributed by atoms with E-state index in [1.807, 2.05) is 0 Å². The number of primary amides is 1. The SMILES string of the molecule is [CH2]C(C)(COC)C(N)=O. The number of rotatable bonds is 3. The van der Waals surface area contributed by atoms with Crippen molar-refractivity contribution in [3.05, 3.63) is 6.92 Å². The van der Waals surface area contributed by atoms with Crippen LogP contribution in [0.2, 0.25) is 0 Å². The monoisotopic (exact) mass is 130 g/mol. The molecule has 9 heavy (non-hydrogen) atoms. The Kier molecular flexibility index (Phi) is 2.65. The van der Waals surface area contributed by atoms with Crippen LogP contribution in [0.25, 0.3) is 0 Å². The molecule has 53 valence electrons. The highest BCUT2D eigenvalue weighted by atomic mass is 16.5. The zero-order valence-electron chi connectivity index (χ0n) is 5.81. The van der Waals surface area contributed by atoms with Gasteiger partial charge in [-0.05, 0) is 13.8 Å². The maximum Gasteiger partial charge on any atom is 0.225 e. The summed E-state index contributed by atoms with van der Waals surface area (Å²) in [6, 6.07) is 0. The summed E-state index contributed by atoms with van der Waals surface area (Å²) in [5.41, 5.74) is 4.19. The summed E-state index contributed by atoms with van der Waals surface area (Å²) < 4.78 is 4.70. The van der Waals surface area contributed by atoms with E-state index in [1.165, 1.54) is 7.11 Å². The average molecular weight is 130 g/mol. The van der Waals surface area contributed by atoms with Gasteiger partial charge in [-0.2, -0.15) is 0 Å². The molecular formula is C6H12NO2. The van der Waals surface area contributed by atoms with Gasteiger partial charge in [0.15, 0.2) is 0 Å². The highest BCUT2D eigenvalue weighted by Crippen LogP contribution is 2.12. The Balaban J connectivity index is 3.85. The zero-order valence-corrected chi connectivity index (χ0v) is 5.81. The third kappa shape index (κ3) is 2.46. The standard InChI is InChI=1S/C6H12NO2/c1-6(2,4-9-3)5(7)8/h1,4H2,2-3H3,(H2,7,8). The molecule has 0 heterocycles. The Morgan fingerprint density at radius 3 is 2.44 bits per heavy atom. The second-order valence-corrected chi connectivity index (χ2v) is 2.36. The van der Waals surface area contributed by atoms with Crippen LogP contribution in [0.4, 0.5) is 0 Å². The maximum absolute atomic E-state index is 10.5. The molecule has 3 heteroatoms. The molecule has 0 fully saturated rings. The molecule has 0 aromatic heterocycles. The van der Waals surface area contributed by atoms with Gasteiger partial charge in [0.2, 0.25) is 5.91 Å². The number of carbonyl (C=O) groups excluding carboxylic acids is 1. The van der Waals surface area contributed by atoms with Crippen molar-refractivity contribution in [2.45, 2.75) is 6.92 Å². The Morgan fingerprint density at radius 2 is 2.33 bits per heavy atom. The van der Waals surface area contributed by atoms with E-state index in [0.29, 0.717) is 0 Å². The van der Waals surface area contributed by atoms with Gasteiger partial charge in [0, 0.05) is 7.11 Å². The summed E-state index contributed by atoms with van der Waals surface area (Å²) >= 11 is 0. The smallest absolute Gasteiger partial charge is 0.225 e. The van der Waals surface area contributed by atoms with Crippen molar-refractivity contribution >= 4 is 5.91 Å². The molecule has 2 N–H and O–H groups in total. The first-order chi connectivity index (χ1) is 4.00. The van der Waals surface area contributed by atoms with Crippen LogP contribution in [0.3, 0.4) is 0 Å². The molecular weight excluding hydrogens is 118 g/mol. The van der Waals surface area contributed by atoms with Crippen LogP contribution in [0.15, 0.2) is 0 Å². The van der Waals surface area contributed by atoms with Crippen LogP contribution in [0.1, 0.15) is 6.92 Å². The van der Waals surface area contributed by atoms with Crippen molar-refractivity contribution in [1.82, 2.24) is 0 Å². The van der Waals surface area contributed by atoms with Crippen LogP contribution in [0.5, 0.6) is 0 Å². The lowest BCUT2D eigenvalue weighted by Gasteiger charge is -2.17. The lowest BCUT2D eigenvalue weighted by Crippen LogP contribution is -2.35. The van der Waals surface area contributed by atoms with E-state index in [2.05, 4.69) is 6.92 Å². The van der Waals surface area contributed by atoms with E-state index in [1.54, 1.807) is 6.92 Å². The second kappa shape index (κ2) is 2.82. The van der Waals surface area contributed by atoms with Gasteiger partial charge >= 0.3 is 0 Å². The summed E-state index contributed by atoms with van der Waals surface area (Å²) in [7, 11) is 1.51. The van der Waals surface area contributed by atoms with Gasteiger partial charge in [0.05, 0.1) is 12.0 Å². The van der Waals surface area contributed by atoms with Gasteiger partial charge in [-0.15, -0.1) is 0 Å². The van der Waals surface area contributed by atoms with Crippen LogP contribution in [-0.2, 0) is 9.53 Å². The first-order valence-corrected chi connectivity index (χ1v) is 2.65. The fraction of sp³-hybridized carbons (Fsp3) is 0.667. The van der Waals surface area contributed by atoms with E-state index in [-0.39, 0.29) is 6.61 Å². The number of amides is 1. The van der Waals surface area contributed by atoms with E-state index < -0.39 is 11.3 Å². The molecule has 0 rings (SSSR count). The third-order valence-corrected chi connectivity index (χ3v) is 1.06. The first-order valence-electron chi connectivity index (χ1n) is 2.65. The number of carbonyl (C=O) groups is 1. The minimum absolute atomic E-state index is 0.266. The molecule has 0 aliphatic heterocycles. The predicted octanol–water partition coefficient (Wildman–Crippen LogP) is -0.0415. The summed E-state index contributed by atoms with van der Waals surface area (Å²) in [6.45, 7) is 5.46. The largest absolute Gasteiger partial charge is 0.384 e. The normalized spacial score (nSPS) is 11.4. The number of ether oxygens (including phenoxy) is 1. The number of hydrogen-bond donors (Lipinski definition) is 1. The molecule has 0 aromatic carbocycles. The third-order valence-electron chi connectivity index (χ3n) is 1.06. The average Bonchev–Trinajstić information content (AvgIpc) is 1.65. The molecule has 1 amide bonds. The molecule has 0 aliphatic rings. The molecule has 1 atom stereocenters. The summed E-state index contributed by atoms with van der Waals surface area (Å²) in [5.74, 6) is -0.440. The van der Waals surface area contributed by atoms with Gasteiger partial charge in [-0.25, -0.2) is 0 Å². The van der Waals surface area contributed by atoms with Crippen LogP contribution in [0, 0.1) is 12.3 Å². The second-order valence-electron chi connectivity index (χ2n) is 2.36. The highest BCUT2D eigenvalue weighted by molar-refractivity contribution is 5.81. The lowest BCUT2D eigenvalue weighted by atomic mass is 9.94. The van der Waals surface area contributed by atoms with E-state index in [4.69, 9.17) is 10.5 Å². The van der Waals surface area contributed by atoms with Crippen molar-refractivity contribution in [3.8, 4) is 0 Å². The Labute approximate surface area is 55.2 Å². The van der Waals surface area contributed by atoms with Crippen molar-refractivity contribution < 1.29 is 9.53 Å². The topological polar surface area (TPSA) is 52.3 Å². The van der Waals surface area contributed by atoms with Crippen molar-refractivity contribution in [2.24, 2.45) is 11.1 Å². The Bertz CT molecular complexity index is 110. The Hall–Kier alpha value is -0.570. The summed E-state index contributed by atoms with van der Waals surface area (Å²) in [6.07, 6.45) is 0. The van der Waals surface area contributed by atoms with Crippen molar-refractivity contribution in [2.75, 3.05) is 13.7 Å². The quantitative estimate of drug-likeness (QED) is 0.582. The molecule has 0 aromatic rings. The minimum Gasteiger partial charge on any atom is -0.384 e. The fourth-order valence-corrected chi connectivity index (χ4v) is 0.390. The van der Waals surface area contributed by atoms with Gasteiger partial charge in [0.1, 0.15) is 0 Å². The predicted molar refractivity (Wildman–Crippen MR) is 34.5 cm³/mol. The van der Waals surface area contributed by atoms with Crippen LogP contribution < -0.4 is 5.73 Å². The summed E-state index contributed by atoms with van der Waals surface area (Å²) in [5, 5.41) is 0. The highest BCUT2D eigenvalue weighted by Gasteiger charge is 2.24. The minimum atomic E-state index is -0.783. The zero-order chi connectivity index (χ0) is 7.49. The number of methoxy groups -OCH3 is 1. The Morgan fingerprint density at radius 1 is 1.89 bits per heavy atom. The molecule has 0 aliphatic carbocycles. The van der Waals surface area contributed by atoms with E-state index >= 15 is 0 Å². The summed E-state index contributed by atoms with van der Waals surface area (Å²) in [4.78, 5) is 10.5. The van der Waals surface area contributed by atoms with E-state index in [0.717, 1.165) is 0 Å². The molecule has 0 saturated heterocycles. The van der Waals surface area contributed by atoms with Gasteiger partial charge < -0.3 is 10.5 Å². The molecule has 0 bridgehead atoms. The van der Waals surface area contributed by atoms with Crippen molar-refractivity contribution in [1.29, 1.82) is 0 Å². The van der Waals surface area contributed by atoms with Gasteiger partial charge in [-0.1, -0.05) is 0 Å². The molecule has 0 saturated carbocycles. The number of hydrogen-bond acceptors (Lipinski definition) is 2. The van der Waals surface area contributed by atoms with Crippen molar-refractivity contribution in [3.63, 3.8) is 0 Å². The molecule has 3 nitrogen and oxygen atoms in total. The molecule has 1 radical (unpaired) electrons. The molecule has 1 unspecified atom stereocenters. The lowest BCUT2D eigenvalue weighted by molar-refractivity contribution is -0.126. The van der Waals surface area contributed by atoms with E-state index in [9.17, 15) is 4.79 Å². The fourth-order valence-electron chi connectivity index (χ4n) is 0.390. The van der Waals surface area contributed by atoms with Crippen LogP contribution in [-0.4, -0.2) is 19.6 Å².